The maximum Gasteiger partial charge on any atom is 0.326 e. The number of morpholine rings is 1. The molecule has 554 valence electrons. The largest absolute Gasteiger partial charge is 0.480 e. The Morgan fingerprint density at radius 2 is 0.781 bits per heavy atom. The second kappa shape index (κ2) is 33.5. The number of aryl methyl sites for hydroxylation is 3. The molecule has 2 fully saturated rings. The number of nitrogens with one attached hydrogen (secondary N) is 9. The number of carbonyl (C=O) groups is 12. The lowest BCUT2D eigenvalue weighted by atomic mass is 10.0. The lowest BCUT2D eigenvalue weighted by Gasteiger charge is -2.27. The van der Waals surface area contributed by atoms with E-state index in [1.165, 1.54) is 71.6 Å². The quantitative estimate of drug-likeness (QED) is 0.0308. The Bertz CT molecular complexity index is 4410. The minimum absolute atomic E-state index is 0.0155. The maximum atomic E-state index is 13.8. The van der Waals surface area contributed by atoms with Gasteiger partial charge in [0.25, 0.3) is 35.4 Å². The van der Waals surface area contributed by atoms with Gasteiger partial charge in [0.2, 0.25) is 17.7 Å². The molecular formula is C74H81F3N12O16. The monoisotopic (exact) mass is 1450 g/mol. The van der Waals surface area contributed by atoms with E-state index in [1.807, 2.05) is 0 Å². The number of H-pyrrole nitrogens is 3. The van der Waals surface area contributed by atoms with Gasteiger partial charge in [0.05, 0.1) is 46.6 Å². The Labute approximate surface area is 600 Å². The summed E-state index contributed by atoms with van der Waals surface area (Å²) in [5.74, 6) is -8.70. The van der Waals surface area contributed by atoms with Gasteiger partial charge in [0.15, 0.2) is 0 Å². The van der Waals surface area contributed by atoms with Crippen molar-refractivity contribution in [2.75, 3.05) is 69.4 Å². The third-order valence-electron chi connectivity index (χ3n) is 18.6. The topological polar surface area (TPSA) is 404 Å². The highest BCUT2D eigenvalue weighted by molar-refractivity contribution is 6.36. The lowest BCUT2D eigenvalue weighted by molar-refractivity contribution is -0.141. The molecule has 5 aliphatic heterocycles. The molecule has 12 N–H and O–H groups in total. The fraction of sp³-hybridized carbons (Fsp3) is 0.351. The molecule has 3 aromatic carbocycles. The first-order chi connectivity index (χ1) is 49.8. The van der Waals surface area contributed by atoms with Gasteiger partial charge in [-0.1, -0.05) is 0 Å². The minimum atomic E-state index is -1.26. The summed E-state index contributed by atoms with van der Waals surface area (Å²) in [6.45, 7) is 13.1. The highest BCUT2D eigenvalue weighted by atomic mass is 19.1. The molecule has 0 bridgehead atoms. The zero-order chi connectivity index (χ0) is 76.4. The van der Waals surface area contributed by atoms with Crippen LogP contribution < -0.4 is 31.9 Å². The number of halogens is 3. The zero-order valence-corrected chi connectivity index (χ0v) is 58.9. The first-order valence-electron chi connectivity index (χ1n) is 33.8. The lowest BCUT2D eigenvalue weighted by Crippen LogP contribution is -2.44. The summed E-state index contributed by atoms with van der Waals surface area (Å²) in [5.41, 5.74) is 8.56. The van der Waals surface area contributed by atoms with Crippen LogP contribution in [-0.2, 0) is 47.9 Å². The second-order valence-corrected chi connectivity index (χ2v) is 26.0. The van der Waals surface area contributed by atoms with Crippen LogP contribution in [0.5, 0.6) is 0 Å². The van der Waals surface area contributed by atoms with Gasteiger partial charge in [0.1, 0.15) is 35.6 Å². The molecule has 9 amide bonds. The molecule has 0 spiro atoms. The SMILES string of the molecule is Cc1[nH]c(/C=C2\C(=O)Nc3ccc(F)cc32)c(C)c1C(=O)N[C@@H](CCC(=O)N(C)C)C(=O)O.Cc1[nH]c(/C=C2\C(=O)Nc3ccc(F)cc32)c(C)c1C(=O)N[C@@H](CCC(=O)N1CCOCC1)C(=O)O.Cc1[nH]c(/C=C2\C(=O)Nc3ccc(F)cc32)c(C)c1C(=O)N[C@H](CCC(=O)N1CCCCC1)C(=O)O. The van der Waals surface area contributed by atoms with Crippen molar-refractivity contribution in [1.82, 2.24) is 45.6 Å². The first kappa shape index (κ1) is 77.3. The van der Waals surface area contributed by atoms with Crippen LogP contribution in [0, 0.1) is 59.0 Å². The van der Waals surface area contributed by atoms with E-state index in [-0.39, 0.29) is 89.7 Å². The van der Waals surface area contributed by atoms with Crippen molar-refractivity contribution < 1.29 is 90.8 Å². The Morgan fingerprint density at radius 1 is 0.476 bits per heavy atom. The second-order valence-electron chi connectivity index (χ2n) is 26.0. The number of rotatable bonds is 21. The molecule has 2 saturated heterocycles. The number of fused-ring (bicyclic) bond motifs is 3. The average molecular weight is 1450 g/mol. The number of aliphatic carboxylic acids is 3. The Morgan fingerprint density at radius 3 is 1.09 bits per heavy atom. The van der Waals surface area contributed by atoms with Crippen molar-refractivity contribution in [1.29, 1.82) is 0 Å². The summed E-state index contributed by atoms with van der Waals surface area (Å²) < 4.78 is 46.4. The molecule has 5 aliphatic rings. The molecule has 3 atom stereocenters. The van der Waals surface area contributed by atoms with Crippen molar-refractivity contribution in [3.05, 3.63) is 156 Å². The molecule has 11 rings (SSSR count). The smallest absolute Gasteiger partial charge is 0.326 e. The molecular weight excluding hydrogens is 1370 g/mol. The van der Waals surface area contributed by atoms with Gasteiger partial charge in [0, 0.05) is 127 Å². The number of carbonyl (C=O) groups excluding carboxylic acids is 9. The van der Waals surface area contributed by atoms with Gasteiger partial charge in [-0.05, 0) is 170 Å². The summed E-state index contributed by atoms with van der Waals surface area (Å²) in [5, 5.41) is 44.3. The molecule has 105 heavy (non-hydrogen) atoms. The third-order valence-corrected chi connectivity index (χ3v) is 18.6. The Balaban J connectivity index is 0.000000183. The molecule has 0 aliphatic carbocycles. The molecule has 31 heteroatoms. The van der Waals surface area contributed by atoms with Crippen molar-refractivity contribution in [2.24, 2.45) is 0 Å². The number of likely N-dealkylation sites (tertiary alicyclic amines) is 1. The van der Waals surface area contributed by atoms with Crippen molar-refractivity contribution in [3.8, 4) is 0 Å². The zero-order valence-electron chi connectivity index (χ0n) is 58.9. The number of ether oxygens (including phenoxy) is 1. The van der Waals surface area contributed by atoms with E-state index in [0.717, 1.165) is 19.3 Å². The van der Waals surface area contributed by atoms with E-state index in [9.17, 15) is 86.0 Å². The van der Waals surface area contributed by atoms with Crippen LogP contribution in [0.25, 0.3) is 34.9 Å². The molecule has 0 radical (unpaired) electrons. The summed E-state index contributed by atoms with van der Waals surface area (Å²) in [6, 6.07) is 8.25. The number of hydrogen-bond acceptors (Lipinski definition) is 13. The molecule has 6 aromatic rings. The molecule has 8 heterocycles. The van der Waals surface area contributed by atoms with Crippen LogP contribution >= 0.6 is 0 Å². The summed E-state index contributed by atoms with van der Waals surface area (Å²) >= 11 is 0. The van der Waals surface area contributed by atoms with Crippen LogP contribution in [0.4, 0.5) is 30.2 Å². The van der Waals surface area contributed by atoms with Crippen molar-refractivity contribution in [3.63, 3.8) is 0 Å². The summed E-state index contributed by atoms with van der Waals surface area (Å²) in [7, 11) is 3.13. The number of benzene rings is 3. The van der Waals surface area contributed by atoms with E-state index in [0.29, 0.717) is 124 Å². The van der Waals surface area contributed by atoms with Gasteiger partial charge in [-0.15, -0.1) is 0 Å². The predicted molar refractivity (Wildman–Crippen MR) is 380 cm³/mol. The van der Waals surface area contributed by atoms with E-state index in [1.54, 1.807) is 71.5 Å². The van der Waals surface area contributed by atoms with E-state index < -0.39 is 88.9 Å². The van der Waals surface area contributed by atoms with Crippen LogP contribution in [0.15, 0.2) is 54.6 Å². The van der Waals surface area contributed by atoms with E-state index in [4.69, 9.17) is 4.74 Å². The van der Waals surface area contributed by atoms with Gasteiger partial charge < -0.3 is 81.6 Å². The number of amides is 9. The summed E-state index contributed by atoms with van der Waals surface area (Å²) in [6.07, 6.45) is 7.44. The van der Waals surface area contributed by atoms with Gasteiger partial charge in [-0.3, -0.25) is 43.2 Å². The fourth-order valence-electron chi connectivity index (χ4n) is 12.9. The van der Waals surface area contributed by atoms with Crippen molar-refractivity contribution in [2.45, 2.75) is 117 Å². The van der Waals surface area contributed by atoms with Crippen molar-refractivity contribution >= 4 is 123 Å². The van der Waals surface area contributed by atoms with Crippen LogP contribution in [-0.4, -0.2) is 188 Å². The standard InChI is InChI=1S/C26H29FN4O5.C25H27FN4O6.C23H25FN4O5/c1-14-21(13-18-17-12-16(27)6-7-19(17)29-24(18)33)28-15(2)23(14)25(34)30-20(26(35)36)8-9-22(32)31-10-4-3-5-11-31;1-13-20(12-17-16-11-15(26)3-4-18(16)28-23(17)32)27-14(2)22(13)24(33)29-19(25(34)35)5-6-21(31)30-7-9-36-10-8-30;1-11-18(10-15-14-9-13(24)5-6-16(14)26-21(15)30)25-12(2)20(11)22(31)27-17(23(32)33)7-8-19(29)28(3)4/h6-7,12-13,20,28H,3-5,8-11H2,1-2H3,(H,29,33)(H,30,34)(H,35,36);3-4,11-12,19,27H,5-10H2,1-2H3,(H,28,32)(H,29,33)(H,34,35);5-6,9-10,17,25H,7-8H2,1-4H3,(H,26,30)(H,27,31)(H,32,33)/b18-13-;17-12-;15-10-/t20-;19-;17-/m100/s1. The third kappa shape index (κ3) is 18.3. The number of hydrogen-bond donors (Lipinski definition) is 12. The number of nitrogens with zero attached hydrogens (tertiary/aromatic N) is 3. The highest BCUT2D eigenvalue weighted by Gasteiger charge is 2.34. The number of carboxylic acid groups (broad SMARTS) is 3. The van der Waals surface area contributed by atoms with Gasteiger partial charge in [-0.2, -0.15) is 0 Å². The number of piperidine rings is 1. The van der Waals surface area contributed by atoms with Gasteiger partial charge in [-0.25, -0.2) is 27.6 Å². The highest BCUT2D eigenvalue weighted by Crippen LogP contribution is 2.38. The average Bonchev–Trinajstić information content (AvgIpc) is 1.65. The predicted octanol–water partition coefficient (Wildman–Crippen LogP) is 7.64. The minimum Gasteiger partial charge on any atom is -0.480 e. The number of carboxylic acids is 3. The molecule has 0 saturated carbocycles. The van der Waals surface area contributed by atoms with Crippen LogP contribution in [0.1, 0.15) is 156 Å². The number of anilines is 3. The Hall–Kier alpha value is -11.9. The number of aromatic amines is 3. The Kier molecular flexibility index (Phi) is 24.6. The van der Waals surface area contributed by atoms with Crippen LogP contribution in [0.3, 0.4) is 0 Å². The normalized spacial score (nSPS) is 16.3. The van der Waals surface area contributed by atoms with E-state index in [2.05, 4.69) is 46.9 Å². The molecule has 3 aromatic heterocycles. The number of aromatic nitrogens is 3. The maximum absolute atomic E-state index is 13.8. The van der Waals surface area contributed by atoms with Crippen LogP contribution in [0.2, 0.25) is 0 Å². The first-order valence-corrected chi connectivity index (χ1v) is 33.8. The molecule has 0 unspecified atom stereocenters. The van der Waals surface area contributed by atoms with Gasteiger partial charge >= 0.3 is 17.9 Å². The fourth-order valence-corrected chi connectivity index (χ4v) is 12.9. The van der Waals surface area contributed by atoms with E-state index >= 15 is 0 Å². The molecule has 28 nitrogen and oxygen atoms in total. The summed E-state index contributed by atoms with van der Waals surface area (Å²) in [4.78, 5) is 162.